The quantitative estimate of drug-likeness (QED) is 0.680. The van der Waals surface area contributed by atoms with Gasteiger partial charge in [-0.15, -0.1) is 0 Å². The zero-order valence-electron chi connectivity index (χ0n) is 20.3. The van der Waals surface area contributed by atoms with Crippen LogP contribution in [0.2, 0.25) is 0 Å². The Morgan fingerprint density at radius 3 is 2.61 bits per heavy atom. The lowest BCUT2D eigenvalue weighted by atomic mass is 9.44. The van der Waals surface area contributed by atoms with E-state index >= 15 is 0 Å². The van der Waals surface area contributed by atoms with E-state index in [1.165, 1.54) is 57.3 Å². The summed E-state index contributed by atoms with van der Waals surface area (Å²) in [5.74, 6) is 4.35. The van der Waals surface area contributed by atoms with Crippen molar-refractivity contribution >= 4 is 11.7 Å². The van der Waals surface area contributed by atoms with Crippen LogP contribution in [0.3, 0.4) is 0 Å². The van der Waals surface area contributed by atoms with Gasteiger partial charge in [-0.1, -0.05) is 13.8 Å². The zero-order valence-corrected chi connectivity index (χ0v) is 20.3. The van der Waals surface area contributed by atoms with Crippen LogP contribution in [-0.4, -0.2) is 29.6 Å². The third kappa shape index (κ3) is 3.77. The SMILES string of the molecule is COCC1CCC2(C)C(CCC3C2CCC2(C)C(C(=O)Nc4cnc(C#N)cn4)CCC32)C1. The fourth-order valence-corrected chi connectivity index (χ4v) is 8.83. The Morgan fingerprint density at radius 1 is 1.09 bits per heavy atom. The summed E-state index contributed by atoms with van der Waals surface area (Å²) in [5.41, 5.74) is 0.800. The molecule has 1 aromatic heterocycles. The molecule has 4 aliphatic rings. The predicted octanol–water partition coefficient (Wildman–Crippen LogP) is 5.21. The van der Waals surface area contributed by atoms with Gasteiger partial charge in [-0.05, 0) is 98.2 Å². The molecular weight excluding hydrogens is 412 g/mol. The summed E-state index contributed by atoms with van der Waals surface area (Å²) in [6.45, 7) is 5.91. The number of anilines is 1. The van der Waals surface area contributed by atoms with Gasteiger partial charge >= 0.3 is 0 Å². The van der Waals surface area contributed by atoms with Crippen molar-refractivity contribution in [2.75, 3.05) is 19.0 Å². The normalized spacial score (nSPS) is 41.9. The standard InChI is InChI=1S/C27H38N4O2/c1-26-10-8-17(16-33-3)12-18(26)4-5-20-21-6-7-23(27(21,2)11-9-22(20)26)25(32)31-24-15-29-19(13-28)14-30-24/h14-15,17-18,20-23H,4-12,16H2,1-3H3,(H,30,31,32). The summed E-state index contributed by atoms with van der Waals surface area (Å²) in [4.78, 5) is 21.6. The summed E-state index contributed by atoms with van der Waals surface area (Å²) >= 11 is 0. The van der Waals surface area contributed by atoms with Crippen molar-refractivity contribution in [1.82, 2.24) is 9.97 Å². The van der Waals surface area contributed by atoms with Crippen LogP contribution in [-0.2, 0) is 9.53 Å². The first-order chi connectivity index (χ1) is 15.9. The molecule has 178 valence electrons. The van der Waals surface area contributed by atoms with E-state index < -0.39 is 0 Å². The van der Waals surface area contributed by atoms with E-state index in [9.17, 15) is 4.79 Å². The van der Waals surface area contributed by atoms with Gasteiger partial charge in [-0.3, -0.25) is 4.79 Å². The number of nitriles is 1. The first-order valence-corrected chi connectivity index (χ1v) is 12.9. The third-order valence-electron chi connectivity index (χ3n) is 10.5. The topological polar surface area (TPSA) is 87.9 Å². The van der Waals surface area contributed by atoms with Crippen molar-refractivity contribution in [2.24, 2.45) is 46.3 Å². The number of carbonyl (C=O) groups excluding carboxylic acids is 1. The van der Waals surface area contributed by atoms with Gasteiger partial charge in [0.05, 0.1) is 12.4 Å². The fraction of sp³-hybridized carbons (Fsp3) is 0.778. The molecule has 6 nitrogen and oxygen atoms in total. The Hall–Kier alpha value is -2.00. The second-order valence-corrected chi connectivity index (χ2v) is 11.8. The number of nitrogens with one attached hydrogen (secondary N) is 1. The highest BCUT2D eigenvalue weighted by atomic mass is 16.5. The molecule has 1 amide bonds. The number of ether oxygens (including phenoxy) is 1. The van der Waals surface area contributed by atoms with E-state index in [2.05, 4.69) is 29.1 Å². The lowest BCUT2D eigenvalue weighted by Crippen LogP contribution is -2.54. The summed E-state index contributed by atoms with van der Waals surface area (Å²) in [6, 6.07) is 1.97. The number of fused-ring (bicyclic) bond motifs is 5. The van der Waals surface area contributed by atoms with Crippen LogP contribution in [0.1, 0.15) is 77.3 Å². The van der Waals surface area contributed by atoms with Crippen LogP contribution in [0.25, 0.3) is 0 Å². The number of amides is 1. The number of nitrogens with zero attached hydrogens (tertiary/aromatic N) is 3. The van der Waals surface area contributed by atoms with Gasteiger partial charge in [0.2, 0.25) is 5.91 Å². The zero-order chi connectivity index (χ0) is 23.2. The molecule has 4 saturated carbocycles. The molecule has 0 bridgehead atoms. The molecule has 0 radical (unpaired) electrons. The van der Waals surface area contributed by atoms with E-state index in [0.717, 1.165) is 43.1 Å². The molecule has 1 aromatic rings. The highest BCUT2D eigenvalue weighted by Crippen LogP contribution is 2.67. The largest absolute Gasteiger partial charge is 0.384 e. The monoisotopic (exact) mass is 450 g/mol. The van der Waals surface area contributed by atoms with Gasteiger partial charge in [0.1, 0.15) is 6.07 Å². The van der Waals surface area contributed by atoms with Crippen molar-refractivity contribution < 1.29 is 9.53 Å². The first kappa shape index (κ1) is 22.8. The Kier molecular flexibility index (Phi) is 5.97. The van der Waals surface area contributed by atoms with Gasteiger partial charge in [-0.25, -0.2) is 9.97 Å². The molecule has 33 heavy (non-hydrogen) atoms. The number of hydrogen-bond donors (Lipinski definition) is 1. The molecule has 6 heteroatoms. The van der Waals surface area contributed by atoms with E-state index in [1.54, 1.807) is 0 Å². The Balaban J connectivity index is 1.30. The summed E-state index contributed by atoms with van der Waals surface area (Å²) < 4.78 is 5.50. The molecule has 4 aliphatic carbocycles. The number of aromatic nitrogens is 2. The molecule has 0 spiro atoms. The van der Waals surface area contributed by atoms with E-state index in [4.69, 9.17) is 10.00 Å². The second kappa shape index (κ2) is 8.65. The van der Waals surface area contributed by atoms with Gasteiger partial charge in [-0.2, -0.15) is 5.26 Å². The number of carbonyl (C=O) groups is 1. The van der Waals surface area contributed by atoms with Gasteiger partial charge in [0.25, 0.3) is 0 Å². The Morgan fingerprint density at radius 2 is 1.88 bits per heavy atom. The van der Waals surface area contributed by atoms with Crippen molar-refractivity contribution in [3.8, 4) is 6.07 Å². The van der Waals surface area contributed by atoms with Crippen LogP contribution < -0.4 is 5.32 Å². The first-order valence-electron chi connectivity index (χ1n) is 12.9. The molecule has 1 N–H and O–H groups in total. The maximum atomic E-state index is 13.3. The predicted molar refractivity (Wildman–Crippen MR) is 126 cm³/mol. The smallest absolute Gasteiger partial charge is 0.229 e. The highest BCUT2D eigenvalue weighted by Gasteiger charge is 2.61. The van der Waals surface area contributed by atoms with E-state index in [0.29, 0.717) is 17.2 Å². The Bertz CT molecular complexity index is 927. The molecule has 8 atom stereocenters. The van der Waals surface area contributed by atoms with Gasteiger partial charge in [0.15, 0.2) is 11.5 Å². The van der Waals surface area contributed by atoms with Crippen LogP contribution in [0.5, 0.6) is 0 Å². The summed E-state index contributed by atoms with van der Waals surface area (Å²) in [7, 11) is 1.84. The second-order valence-electron chi connectivity index (χ2n) is 11.8. The Labute approximate surface area is 197 Å². The number of methoxy groups -OCH3 is 1. The molecule has 4 fully saturated rings. The van der Waals surface area contributed by atoms with E-state index in [1.807, 2.05) is 13.2 Å². The van der Waals surface area contributed by atoms with Crippen molar-refractivity contribution in [2.45, 2.75) is 71.6 Å². The molecule has 5 rings (SSSR count). The minimum atomic E-state index is 0.0314. The van der Waals surface area contributed by atoms with Gasteiger partial charge < -0.3 is 10.1 Å². The van der Waals surface area contributed by atoms with Gasteiger partial charge in [0, 0.05) is 19.6 Å². The molecule has 1 heterocycles. The van der Waals surface area contributed by atoms with E-state index in [-0.39, 0.29) is 22.9 Å². The number of hydrogen-bond acceptors (Lipinski definition) is 5. The minimum absolute atomic E-state index is 0.0314. The van der Waals surface area contributed by atoms with Crippen LogP contribution in [0.4, 0.5) is 5.82 Å². The van der Waals surface area contributed by atoms with Crippen LogP contribution in [0, 0.1) is 57.7 Å². The molecule has 0 aliphatic heterocycles. The third-order valence-corrected chi connectivity index (χ3v) is 10.5. The molecule has 8 unspecified atom stereocenters. The molecular formula is C27H38N4O2. The average molecular weight is 451 g/mol. The fourth-order valence-electron chi connectivity index (χ4n) is 8.83. The maximum Gasteiger partial charge on any atom is 0.229 e. The molecule has 0 saturated heterocycles. The number of rotatable bonds is 4. The van der Waals surface area contributed by atoms with Crippen LogP contribution in [0.15, 0.2) is 12.4 Å². The highest BCUT2D eigenvalue weighted by molar-refractivity contribution is 5.92. The molecule has 0 aromatic carbocycles. The summed E-state index contributed by atoms with van der Waals surface area (Å²) in [6.07, 6.45) is 14.1. The average Bonchev–Trinajstić information content (AvgIpc) is 3.17. The van der Waals surface area contributed by atoms with Crippen LogP contribution >= 0.6 is 0 Å². The summed E-state index contributed by atoms with van der Waals surface area (Å²) in [5, 5.41) is 11.9. The lowest BCUT2D eigenvalue weighted by molar-refractivity contribution is -0.135. The minimum Gasteiger partial charge on any atom is -0.384 e. The maximum absolute atomic E-state index is 13.3. The lowest BCUT2D eigenvalue weighted by Gasteiger charge is -2.61. The van der Waals surface area contributed by atoms with Crippen molar-refractivity contribution in [1.29, 1.82) is 5.26 Å². The van der Waals surface area contributed by atoms with Crippen molar-refractivity contribution in [3.63, 3.8) is 0 Å². The van der Waals surface area contributed by atoms with Crippen molar-refractivity contribution in [3.05, 3.63) is 18.1 Å².